The number of hydrogen-bond acceptors (Lipinski definition) is 1. The number of rotatable bonds is 4. The van der Waals surface area contributed by atoms with E-state index in [2.05, 4.69) is 26.0 Å². The lowest BCUT2D eigenvalue weighted by Gasteiger charge is -2.53. The number of halogens is 2. The van der Waals surface area contributed by atoms with E-state index in [0.717, 1.165) is 56.3 Å². The van der Waals surface area contributed by atoms with Gasteiger partial charge < -0.3 is 4.74 Å². The van der Waals surface area contributed by atoms with Crippen LogP contribution < -0.4 is 0 Å². The van der Waals surface area contributed by atoms with Crippen LogP contribution in [0.15, 0.2) is 12.2 Å². The van der Waals surface area contributed by atoms with Crippen LogP contribution in [0.2, 0.25) is 0 Å². The van der Waals surface area contributed by atoms with Gasteiger partial charge in [0.15, 0.2) is 0 Å². The zero-order valence-corrected chi connectivity index (χ0v) is 17.9. The quantitative estimate of drug-likeness (QED) is 0.446. The van der Waals surface area contributed by atoms with Crippen molar-refractivity contribution in [1.29, 1.82) is 0 Å². The fourth-order valence-corrected chi connectivity index (χ4v) is 7.06. The van der Waals surface area contributed by atoms with Gasteiger partial charge in [-0.05, 0) is 107 Å². The lowest BCUT2D eigenvalue weighted by Crippen LogP contribution is -2.61. The topological polar surface area (TPSA) is 9.23 Å². The zero-order chi connectivity index (χ0) is 19.7. The molecule has 3 aliphatic carbocycles. The van der Waals surface area contributed by atoms with Crippen molar-refractivity contribution in [3.63, 3.8) is 0 Å². The van der Waals surface area contributed by atoms with Gasteiger partial charge in [0.2, 0.25) is 0 Å². The fourth-order valence-electron chi connectivity index (χ4n) is 7.06. The summed E-state index contributed by atoms with van der Waals surface area (Å²) in [6.45, 7) is 4.44. The summed E-state index contributed by atoms with van der Waals surface area (Å²) >= 11 is 0. The maximum absolute atomic E-state index is 14.4. The molecule has 4 aliphatic rings. The summed E-state index contributed by atoms with van der Waals surface area (Å²) < 4.78 is 34.1. The summed E-state index contributed by atoms with van der Waals surface area (Å²) in [5.41, 5.74) is 0. The smallest absolute Gasteiger partial charge is 0.316 e. The lowest BCUT2D eigenvalue weighted by atomic mass is 9.64. The first-order chi connectivity index (χ1) is 13.5. The van der Waals surface area contributed by atoms with E-state index in [4.69, 9.17) is 4.74 Å². The van der Waals surface area contributed by atoms with Crippen LogP contribution in [0.3, 0.4) is 0 Å². The number of hydrogen-bond donors (Lipinski definition) is 0. The summed E-state index contributed by atoms with van der Waals surface area (Å²) in [7, 11) is 0. The molecule has 0 aromatic rings. The summed E-state index contributed by atoms with van der Waals surface area (Å²) in [6, 6.07) is 0. The molecule has 0 aromatic carbocycles. The van der Waals surface area contributed by atoms with Gasteiger partial charge in [0, 0.05) is 0 Å². The Hall–Kier alpha value is -0.440. The molecule has 1 heterocycles. The molecule has 4 fully saturated rings. The van der Waals surface area contributed by atoms with Crippen molar-refractivity contribution >= 4 is 0 Å². The molecule has 3 heteroatoms. The van der Waals surface area contributed by atoms with Crippen LogP contribution in [-0.2, 0) is 4.74 Å². The van der Waals surface area contributed by atoms with E-state index in [-0.39, 0.29) is 12.0 Å². The summed E-state index contributed by atoms with van der Waals surface area (Å²) in [5.74, 6) is 3.27. The SMILES string of the molecule is C/C=C/[C@H]1CC[C@H]([C@H]2[C@H]([C@H]3CC[C@H](C4CCC(C)CC4)CC3)OC2(F)F)CC1. The van der Waals surface area contributed by atoms with Gasteiger partial charge in [-0.1, -0.05) is 31.9 Å². The lowest BCUT2D eigenvalue weighted by molar-refractivity contribution is -0.418. The molecule has 28 heavy (non-hydrogen) atoms. The van der Waals surface area contributed by atoms with Crippen molar-refractivity contribution < 1.29 is 13.5 Å². The van der Waals surface area contributed by atoms with Crippen molar-refractivity contribution in [1.82, 2.24) is 0 Å². The number of allylic oxidation sites excluding steroid dienone is 2. The Bertz CT molecular complexity index is 521. The van der Waals surface area contributed by atoms with Gasteiger partial charge in [-0.25, -0.2) is 0 Å². The van der Waals surface area contributed by atoms with Crippen LogP contribution in [0.5, 0.6) is 0 Å². The molecule has 0 amide bonds. The van der Waals surface area contributed by atoms with E-state index in [1.807, 2.05) is 0 Å². The third-order valence-corrected chi connectivity index (χ3v) is 8.83. The van der Waals surface area contributed by atoms with Gasteiger partial charge in [0.1, 0.15) is 0 Å². The van der Waals surface area contributed by atoms with Crippen LogP contribution >= 0.6 is 0 Å². The van der Waals surface area contributed by atoms with Crippen molar-refractivity contribution in [2.75, 3.05) is 0 Å². The highest BCUT2D eigenvalue weighted by molar-refractivity contribution is 5.00. The van der Waals surface area contributed by atoms with Crippen molar-refractivity contribution in [3.05, 3.63) is 12.2 Å². The van der Waals surface area contributed by atoms with Gasteiger partial charge in [-0.2, -0.15) is 8.78 Å². The van der Waals surface area contributed by atoms with Crippen LogP contribution in [0.4, 0.5) is 8.78 Å². The molecule has 0 radical (unpaired) electrons. The van der Waals surface area contributed by atoms with Crippen molar-refractivity contribution in [2.45, 2.75) is 103 Å². The molecule has 160 valence electrons. The Morgan fingerprint density at radius 3 is 1.75 bits per heavy atom. The molecule has 1 nitrogen and oxygen atoms in total. The number of ether oxygens (including phenoxy) is 1. The van der Waals surface area contributed by atoms with Gasteiger partial charge in [0.05, 0.1) is 12.0 Å². The average Bonchev–Trinajstić information content (AvgIpc) is 2.69. The normalized spacial score (nSPS) is 47.0. The second kappa shape index (κ2) is 8.74. The zero-order valence-electron chi connectivity index (χ0n) is 17.9. The first kappa shape index (κ1) is 20.8. The molecular formula is C25H40F2O. The highest BCUT2D eigenvalue weighted by Gasteiger charge is 2.62. The van der Waals surface area contributed by atoms with Gasteiger partial charge in [-0.15, -0.1) is 0 Å². The van der Waals surface area contributed by atoms with Crippen molar-refractivity contribution in [2.24, 2.45) is 41.4 Å². The van der Waals surface area contributed by atoms with Crippen LogP contribution in [-0.4, -0.2) is 12.2 Å². The molecule has 0 spiro atoms. The Morgan fingerprint density at radius 2 is 1.21 bits per heavy atom. The van der Waals surface area contributed by atoms with Crippen LogP contribution in [0.1, 0.15) is 90.9 Å². The highest BCUT2D eigenvalue weighted by atomic mass is 19.3. The summed E-state index contributed by atoms with van der Waals surface area (Å²) in [6.07, 6.45) is 15.6. The van der Waals surface area contributed by atoms with Gasteiger partial charge >= 0.3 is 6.11 Å². The van der Waals surface area contributed by atoms with E-state index < -0.39 is 12.0 Å². The largest absolute Gasteiger partial charge is 0.361 e. The second-order valence-corrected chi connectivity index (χ2v) is 10.6. The molecule has 4 rings (SSSR count). The fraction of sp³-hybridized carbons (Fsp3) is 0.920. The molecule has 1 saturated heterocycles. The third kappa shape index (κ3) is 4.35. The van der Waals surface area contributed by atoms with Gasteiger partial charge in [-0.3, -0.25) is 0 Å². The predicted octanol–water partition coefficient (Wildman–Crippen LogP) is 7.61. The molecule has 0 aromatic heterocycles. The first-order valence-corrected chi connectivity index (χ1v) is 12.2. The molecule has 3 saturated carbocycles. The monoisotopic (exact) mass is 394 g/mol. The molecule has 2 atom stereocenters. The Kier molecular flexibility index (Phi) is 6.50. The Morgan fingerprint density at radius 1 is 0.714 bits per heavy atom. The minimum atomic E-state index is -2.88. The molecule has 0 N–H and O–H groups in total. The molecule has 0 bridgehead atoms. The van der Waals surface area contributed by atoms with E-state index in [0.29, 0.717) is 11.8 Å². The van der Waals surface area contributed by atoms with Gasteiger partial charge in [0.25, 0.3) is 0 Å². The van der Waals surface area contributed by atoms with E-state index in [1.54, 1.807) is 0 Å². The minimum Gasteiger partial charge on any atom is -0.316 e. The molecular weight excluding hydrogens is 354 g/mol. The molecule has 1 aliphatic heterocycles. The van der Waals surface area contributed by atoms with Crippen LogP contribution in [0, 0.1) is 41.4 Å². The first-order valence-electron chi connectivity index (χ1n) is 12.2. The molecule has 0 unspecified atom stereocenters. The van der Waals surface area contributed by atoms with E-state index in [1.165, 1.54) is 38.5 Å². The van der Waals surface area contributed by atoms with Crippen molar-refractivity contribution in [3.8, 4) is 0 Å². The predicted molar refractivity (Wildman–Crippen MR) is 110 cm³/mol. The van der Waals surface area contributed by atoms with E-state index >= 15 is 0 Å². The second-order valence-electron chi connectivity index (χ2n) is 10.6. The Balaban J connectivity index is 1.30. The van der Waals surface area contributed by atoms with E-state index in [9.17, 15) is 8.78 Å². The maximum Gasteiger partial charge on any atom is 0.361 e. The third-order valence-electron chi connectivity index (χ3n) is 8.83. The highest BCUT2D eigenvalue weighted by Crippen LogP contribution is 2.55. The Labute approximate surface area is 170 Å². The summed E-state index contributed by atoms with van der Waals surface area (Å²) in [4.78, 5) is 0. The average molecular weight is 395 g/mol. The maximum atomic E-state index is 14.4. The summed E-state index contributed by atoms with van der Waals surface area (Å²) in [5, 5.41) is 0. The standard InChI is InChI=1S/C25H40F2O/c1-3-4-18-7-11-21(12-8-18)23-24(28-25(23,26)27)22-15-13-20(14-16-22)19-9-5-17(2)6-10-19/h3-4,17-24H,5-16H2,1-2H3/b4-3+/t17?,18-,19?,20-,21-,22-,23-,24-/m0/s1. The number of alkyl halides is 2. The van der Waals surface area contributed by atoms with Crippen LogP contribution in [0.25, 0.3) is 0 Å². The minimum absolute atomic E-state index is 0.160.